The van der Waals surface area contributed by atoms with Crippen LogP contribution >= 0.6 is 0 Å². The van der Waals surface area contributed by atoms with Crippen molar-refractivity contribution in [2.24, 2.45) is 0 Å². The molecule has 6 nitrogen and oxygen atoms in total. The highest BCUT2D eigenvalue weighted by molar-refractivity contribution is 5.81. The lowest BCUT2D eigenvalue weighted by molar-refractivity contribution is -0.127. The second-order valence-corrected chi connectivity index (χ2v) is 7.34. The maximum absolute atomic E-state index is 12.3. The van der Waals surface area contributed by atoms with E-state index in [1.165, 1.54) is 0 Å². The van der Waals surface area contributed by atoms with E-state index in [1.54, 1.807) is 11.0 Å². The van der Waals surface area contributed by atoms with Gasteiger partial charge in [0.2, 0.25) is 5.91 Å². The van der Waals surface area contributed by atoms with Crippen molar-refractivity contribution in [1.82, 2.24) is 14.5 Å². The van der Waals surface area contributed by atoms with Gasteiger partial charge in [-0.3, -0.25) is 4.79 Å². The SMILES string of the molecule is C=CCN1C[C@@H](c2nc3ccccc3n2C[C@@H](O)COc2ccccc2)CC1=O. The minimum atomic E-state index is -0.701. The van der Waals surface area contributed by atoms with E-state index in [-0.39, 0.29) is 18.4 Å². The lowest BCUT2D eigenvalue weighted by atomic mass is 10.1. The molecule has 2 atom stereocenters. The van der Waals surface area contributed by atoms with Crippen LogP contribution in [0.15, 0.2) is 67.3 Å². The zero-order valence-corrected chi connectivity index (χ0v) is 16.3. The van der Waals surface area contributed by atoms with Crippen molar-refractivity contribution in [3.63, 3.8) is 0 Å². The highest BCUT2D eigenvalue weighted by Crippen LogP contribution is 2.30. The monoisotopic (exact) mass is 391 g/mol. The largest absolute Gasteiger partial charge is 0.491 e. The number of nitrogens with zero attached hydrogens (tertiary/aromatic N) is 3. The number of likely N-dealkylation sites (tertiary alicyclic amines) is 1. The van der Waals surface area contributed by atoms with E-state index < -0.39 is 6.10 Å². The normalized spacial score (nSPS) is 17.6. The smallest absolute Gasteiger partial charge is 0.223 e. The third-order valence-electron chi connectivity index (χ3n) is 5.19. The molecule has 6 heteroatoms. The van der Waals surface area contributed by atoms with Gasteiger partial charge in [-0.15, -0.1) is 6.58 Å². The van der Waals surface area contributed by atoms with E-state index in [2.05, 4.69) is 6.58 Å². The number of aromatic nitrogens is 2. The number of hydrogen-bond acceptors (Lipinski definition) is 4. The molecule has 29 heavy (non-hydrogen) atoms. The average Bonchev–Trinajstić information content (AvgIpc) is 3.28. The fourth-order valence-corrected chi connectivity index (χ4v) is 3.85. The predicted octanol–water partition coefficient (Wildman–Crippen LogP) is 2.98. The summed E-state index contributed by atoms with van der Waals surface area (Å²) in [4.78, 5) is 18.9. The number of imidazole rings is 1. The zero-order valence-electron chi connectivity index (χ0n) is 16.3. The Morgan fingerprint density at radius 3 is 2.76 bits per heavy atom. The molecule has 0 spiro atoms. The summed E-state index contributed by atoms with van der Waals surface area (Å²) in [5.41, 5.74) is 1.82. The summed E-state index contributed by atoms with van der Waals surface area (Å²) >= 11 is 0. The van der Waals surface area contributed by atoms with Gasteiger partial charge in [0, 0.05) is 25.4 Å². The first-order valence-electron chi connectivity index (χ1n) is 9.85. The van der Waals surface area contributed by atoms with Gasteiger partial charge in [0.1, 0.15) is 24.3 Å². The number of amides is 1. The van der Waals surface area contributed by atoms with Crippen molar-refractivity contribution < 1.29 is 14.6 Å². The summed E-state index contributed by atoms with van der Waals surface area (Å²) in [5, 5.41) is 10.6. The van der Waals surface area contributed by atoms with Crippen LogP contribution in [0.1, 0.15) is 18.2 Å². The van der Waals surface area contributed by atoms with Crippen LogP contribution in [-0.4, -0.2) is 51.3 Å². The lowest BCUT2D eigenvalue weighted by Crippen LogP contribution is -2.26. The maximum Gasteiger partial charge on any atom is 0.223 e. The summed E-state index contributed by atoms with van der Waals surface area (Å²) in [6.07, 6.45) is 1.47. The van der Waals surface area contributed by atoms with Gasteiger partial charge in [0.15, 0.2) is 0 Å². The molecule has 150 valence electrons. The first kappa shape index (κ1) is 19.2. The molecule has 1 aliphatic rings. The number of fused-ring (bicyclic) bond motifs is 1. The van der Waals surface area contributed by atoms with Gasteiger partial charge in [0.05, 0.1) is 17.6 Å². The molecule has 1 aromatic heterocycles. The quantitative estimate of drug-likeness (QED) is 0.600. The van der Waals surface area contributed by atoms with Crippen molar-refractivity contribution in [2.45, 2.75) is 25.0 Å². The molecule has 1 aliphatic heterocycles. The van der Waals surface area contributed by atoms with Crippen molar-refractivity contribution >= 4 is 16.9 Å². The van der Waals surface area contributed by atoms with E-state index >= 15 is 0 Å². The van der Waals surface area contributed by atoms with Crippen molar-refractivity contribution in [3.8, 4) is 5.75 Å². The molecule has 0 aliphatic carbocycles. The molecule has 1 fully saturated rings. The highest BCUT2D eigenvalue weighted by Gasteiger charge is 2.33. The Kier molecular flexibility index (Phi) is 5.62. The Labute approximate surface area is 170 Å². The Morgan fingerprint density at radius 2 is 1.97 bits per heavy atom. The van der Waals surface area contributed by atoms with Gasteiger partial charge in [-0.05, 0) is 24.3 Å². The number of carbonyl (C=O) groups excluding carboxylic acids is 1. The number of carbonyl (C=O) groups is 1. The third-order valence-corrected chi connectivity index (χ3v) is 5.19. The van der Waals surface area contributed by atoms with E-state index in [0.29, 0.717) is 26.1 Å². The topological polar surface area (TPSA) is 67.6 Å². The Balaban J connectivity index is 1.55. The molecule has 1 N–H and O–H groups in total. The molecule has 2 aromatic carbocycles. The standard InChI is InChI=1S/C23H25N3O3/c1-2-12-25-14-17(13-22(25)28)23-24-20-10-6-7-11-21(20)26(23)15-18(27)16-29-19-8-4-3-5-9-19/h2-11,17-18,27H,1,12-16H2/t17-,18+/m0/s1. The molecule has 0 saturated carbocycles. The van der Waals surface area contributed by atoms with Crippen LogP contribution in [0.4, 0.5) is 0 Å². The van der Waals surface area contributed by atoms with E-state index in [0.717, 1.165) is 22.6 Å². The fraction of sp³-hybridized carbons (Fsp3) is 0.304. The van der Waals surface area contributed by atoms with Crippen LogP contribution in [0.2, 0.25) is 0 Å². The van der Waals surface area contributed by atoms with Crippen molar-refractivity contribution in [2.75, 3.05) is 19.7 Å². The van der Waals surface area contributed by atoms with Crippen molar-refractivity contribution in [1.29, 1.82) is 0 Å². The summed E-state index contributed by atoms with van der Waals surface area (Å²) in [6, 6.07) is 17.3. The molecule has 0 bridgehead atoms. The number of hydrogen-bond donors (Lipinski definition) is 1. The second-order valence-electron chi connectivity index (χ2n) is 7.34. The van der Waals surface area contributed by atoms with Gasteiger partial charge in [-0.1, -0.05) is 36.4 Å². The summed E-state index contributed by atoms with van der Waals surface area (Å²) < 4.78 is 7.73. The van der Waals surface area contributed by atoms with Gasteiger partial charge < -0.3 is 19.3 Å². The highest BCUT2D eigenvalue weighted by atomic mass is 16.5. The van der Waals surface area contributed by atoms with Crippen LogP contribution in [0.5, 0.6) is 5.75 Å². The van der Waals surface area contributed by atoms with E-state index in [9.17, 15) is 9.90 Å². The zero-order chi connectivity index (χ0) is 20.2. The van der Waals surface area contributed by atoms with Gasteiger partial charge in [0.25, 0.3) is 0 Å². The molecule has 0 radical (unpaired) electrons. The number of ether oxygens (including phenoxy) is 1. The number of benzene rings is 2. The number of rotatable bonds is 8. The van der Waals surface area contributed by atoms with Gasteiger partial charge in [-0.2, -0.15) is 0 Å². The van der Waals surface area contributed by atoms with Gasteiger partial charge in [-0.25, -0.2) is 4.98 Å². The maximum atomic E-state index is 12.3. The molecule has 4 rings (SSSR count). The van der Waals surface area contributed by atoms with E-state index in [1.807, 2.05) is 59.2 Å². The van der Waals surface area contributed by atoms with Crippen LogP contribution in [0.3, 0.4) is 0 Å². The second kappa shape index (κ2) is 8.49. The molecular weight excluding hydrogens is 366 g/mol. The van der Waals surface area contributed by atoms with Crippen molar-refractivity contribution in [3.05, 3.63) is 73.1 Å². The summed E-state index contributed by atoms with van der Waals surface area (Å²) in [7, 11) is 0. The Morgan fingerprint density at radius 1 is 1.21 bits per heavy atom. The first-order chi connectivity index (χ1) is 14.2. The van der Waals surface area contributed by atoms with E-state index in [4.69, 9.17) is 9.72 Å². The molecule has 3 aromatic rings. The molecule has 2 heterocycles. The number of aliphatic hydroxyl groups excluding tert-OH is 1. The average molecular weight is 391 g/mol. The summed E-state index contributed by atoms with van der Waals surface area (Å²) in [6.45, 7) is 5.43. The molecule has 0 unspecified atom stereocenters. The van der Waals surface area contributed by atoms with Crippen LogP contribution < -0.4 is 4.74 Å². The molecular formula is C23H25N3O3. The fourth-order valence-electron chi connectivity index (χ4n) is 3.85. The van der Waals surface area contributed by atoms with Crippen LogP contribution in [0.25, 0.3) is 11.0 Å². The minimum Gasteiger partial charge on any atom is -0.491 e. The Hall–Kier alpha value is -3.12. The Bertz CT molecular complexity index is 999. The number of para-hydroxylation sites is 3. The van der Waals surface area contributed by atoms with Crippen LogP contribution in [-0.2, 0) is 11.3 Å². The minimum absolute atomic E-state index is 0.00269. The lowest BCUT2D eigenvalue weighted by Gasteiger charge is -2.18. The van der Waals surface area contributed by atoms with Gasteiger partial charge >= 0.3 is 0 Å². The molecule has 1 saturated heterocycles. The number of aliphatic hydroxyl groups is 1. The third kappa shape index (κ3) is 4.17. The molecule has 1 amide bonds. The first-order valence-corrected chi connectivity index (χ1v) is 9.85. The summed E-state index contributed by atoms with van der Waals surface area (Å²) in [5.74, 6) is 1.67. The van der Waals surface area contributed by atoms with Crippen LogP contribution in [0, 0.1) is 0 Å². The predicted molar refractivity (Wildman–Crippen MR) is 112 cm³/mol.